The van der Waals surface area contributed by atoms with E-state index in [0.29, 0.717) is 0 Å². The van der Waals surface area contributed by atoms with E-state index in [4.69, 9.17) is 0 Å². The molecule has 0 bridgehead atoms. The minimum Gasteiger partial charge on any atom is -0.256 e. The molecule has 3 rings (SSSR count). The lowest BCUT2D eigenvalue weighted by Gasteiger charge is -2.16. The number of hydrogen-bond acceptors (Lipinski definition) is 3. The molecule has 0 radical (unpaired) electrons. The van der Waals surface area contributed by atoms with Crippen molar-refractivity contribution in [2.24, 2.45) is 0 Å². The largest absolute Gasteiger partial charge is 0.256 e. The lowest BCUT2D eigenvalue weighted by atomic mass is 10.1. The first kappa shape index (κ1) is 15.6. The summed E-state index contributed by atoms with van der Waals surface area (Å²) < 4.78 is 27.8. The molecule has 1 heterocycles. The molecule has 0 spiro atoms. The summed E-state index contributed by atoms with van der Waals surface area (Å²) in [6.45, 7) is 3.75. The number of para-hydroxylation sites is 1. The van der Waals surface area contributed by atoms with Crippen LogP contribution in [0.15, 0.2) is 65.7 Å². The Bertz CT molecular complexity index is 929. The minimum atomic E-state index is -3.57. The summed E-state index contributed by atoms with van der Waals surface area (Å²) in [6, 6.07) is 16.1. The first-order valence-electron chi connectivity index (χ1n) is 7.40. The van der Waals surface area contributed by atoms with Crippen LogP contribution in [0.3, 0.4) is 0 Å². The normalized spacial score (nSPS) is 13.1. The third kappa shape index (κ3) is 3.25. The summed E-state index contributed by atoms with van der Waals surface area (Å²) in [5, 5.41) is 0.992. The van der Waals surface area contributed by atoms with Crippen molar-refractivity contribution in [3.05, 3.63) is 71.9 Å². The molecule has 2 aromatic carbocycles. The molecule has 118 valence electrons. The molecule has 1 aromatic heterocycles. The second-order valence-corrected chi connectivity index (χ2v) is 7.29. The van der Waals surface area contributed by atoms with Crippen LogP contribution in [0.4, 0.5) is 0 Å². The Hall–Kier alpha value is -2.24. The Labute approximate surface area is 136 Å². The standard InChI is InChI=1S/C18H18N2O2S/c1-13-8-10-16(11-9-13)23(21,22)20-14(2)17-7-3-5-15-6-4-12-19-18(15)17/h3-12,14,20H,1-2H3. The molecule has 0 amide bonds. The lowest BCUT2D eigenvalue weighted by Crippen LogP contribution is -2.27. The Morgan fingerprint density at radius 2 is 1.70 bits per heavy atom. The van der Waals surface area contributed by atoms with Crippen molar-refractivity contribution in [2.75, 3.05) is 0 Å². The van der Waals surface area contributed by atoms with E-state index in [1.165, 1.54) is 0 Å². The van der Waals surface area contributed by atoms with Gasteiger partial charge >= 0.3 is 0 Å². The first-order chi connectivity index (χ1) is 11.0. The highest BCUT2D eigenvalue weighted by atomic mass is 32.2. The molecule has 5 heteroatoms. The van der Waals surface area contributed by atoms with Crippen LogP contribution < -0.4 is 4.72 Å². The fourth-order valence-electron chi connectivity index (χ4n) is 2.56. The van der Waals surface area contributed by atoms with Gasteiger partial charge in [-0.1, -0.05) is 42.0 Å². The van der Waals surface area contributed by atoms with Gasteiger partial charge in [0, 0.05) is 17.6 Å². The molecule has 3 aromatic rings. The first-order valence-corrected chi connectivity index (χ1v) is 8.88. The zero-order chi connectivity index (χ0) is 16.4. The number of aryl methyl sites for hydroxylation is 1. The minimum absolute atomic E-state index is 0.267. The third-order valence-electron chi connectivity index (χ3n) is 3.79. The smallest absolute Gasteiger partial charge is 0.241 e. The van der Waals surface area contributed by atoms with E-state index in [9.17, 15) is 8.42 Å². The number of rotatable bonds is 4. The van der Waals surface area contributed by atoms with Gasteiger partial charge in [0.25, 0.3) is 0 Å². The fourth-order valence-corrected chi connectivity index (χ4v) is 3.78. The van der Waals surface area contributed by atoms with Gasteiger partial charge in [-0.25, -0.2) is 13.1 Å². The maximum atomic E-state index is 12.5. The molecular formula is C18H18N2O2S. The van der Waals surface area contributed by atoms with E-state index >= 15 is 0 Å². The van der Waals surface area contributed by atoms with Gasteiger partial charge in [0.1, 0.15) is 0 Å². The number of hydrogen-bond donors (Lipinski definition) is 1. The Balaban J connectivity index is 1.94. The number of fused-ring (bicyclic) bond motifs is 1. The second-order valence-electron chi connectivity index (χ2n) is 5.58. The molecule has 1 atom stereocenters. The summed E-state index contributed by atoms with van der Waals surface area (Å²) in [5.41, 5.74) is 2.70. The van der Waals surface area contributed by atoms with Crippen LogP contribution in [0.5, 0.6) is 0 Å². The van der Waals surface area contributed by atoms with Crippen molar-refractivity contribution in [3.8, 4) is 0 Å². The number of aromatic nitrogens is 1. The Kier molecular flexibility index (Phi) is 4.15. The molecule has 23 heavy (non-hydrogen) atoms. The van der Waals surface area contributed by atoms with Crippen LogP contribution in [-0.4, -0.2) is 13.4 Å². The number of sulfonamides is 1. The monoisotopic (exact) mass is 326 g/mol. The average Bonchev–Trinajstić information content (AvgIpc) is 2.54. The zero-order valence-electron chi connectivity index (χ0n) is 13.0. The molecule has 0 aliphatic rings. The predicted molar refractivity (Wildman–Crippen MR) is 91.7 cm³/mol. The van der Waals surface area contributed by atoms with Gasteiger partial charge in [-0.15, -0.1) is 0 Å². The van der Waals surface area contributed by atoms with Crippen LogP contribution >= 0.6 is 0 Å². The van der Waals surface area contributed by atoms with Crippen molar-refractivity contribution in [2.45, 2.75) is 24.8 Å². The van der Waals surface area contributed by atoms with Gasteiger partial charge in [-0.2, -0.15) is 0 Å². The maximum absolute atomic E-state index is 12.5. The molecule has 1 N–H and O–H groups in total. The van der Waals surface area contributed by atoms with Gasteiger partial charge in [-0.3, -0.25) is 4.98 Å². The molecule has 0 aliphatic heterocycles. The lowest BCUT2D eigenvalue weighted by molar-refractivity contribution is 0.567. The Morgan fingerprint density at radius 1 is 1.00 bits per heavy atom. The topological polar surface area (TPSA) is 59.1 Å². The highest BCUT2D eigenvalue weighted by Crippen LogP contribution is 2.23. The molecule has 4 nitrogen and oxygen atoms in total. The number of nitrogens with zero attached hydrogens (tertiary/aromatic N) is 1. The van der Waals surface area contributed by atoms with Crippen LogP contribution in [0.25, 0.3) is 10.9 Å². The van der Waals surface area contributed by atoms with Gasteiger partial charge in [0.05, 0.1) is 10.4 Å². The predicted octanol–water partition coefficient (Wildman–Crippen LogP) is 3.58. The third-order valence-corrected chi connectivity index (χ3v) is 5.35. The van der Waals surface area contributed by atoms with Crippen molar-refractivity contribution >= 4 is 20.9 Å². The van der Waals surface area contributed by atoms with E-state index in [2.05, 4.69) is 9.71 Å². The average molecular weight is 326 g/mol. The molecule has 1 unspecified atom stereocenters. The van der Waals surface area contributed by atoms with Crippen molar-refractivity contribution in [1.29, 1.82) is 0 Å². The fraction of sp³-hybridized carbons (Fsp3) is 0.167. The van der Waals surface area contributed by atoms with Gasteiger partial charge in [-0.05, 0) is 37.6 Å². The summed E-state index contributed by atoms with van der Waals surface area (Å²) in [6.07, 6.45) is 1.72. The molecule has 0 saturated heterocycles. The van der Waals surface area contributed by atoms with E-state index < -0.39 is 10.0 Å². The number of nitrogens with one attached hydrogen (secondary N) is 1. The Morgan fingerprint density at radius 3 is 2.43 bits per heavy atom. The summed E-state index contributed by atoms with van der Waals surface area (Å²) in [7, 11) is -3.57. The van der Waals surface area contributed by atoms with E-state index in [-0.39, 0.29) is 10.9 Å². The van der Waals surface area contributed by atoms with Crippen LogP contribution in [0.2, 0.25) is 0 Å². The molecule has 0 fully saturated rings. The van der Waals surface area contributed by atoms with Gasteiger partial charge < -0.3 is 0 Å². The van der Waals surface area contributed by atoms with Gasteiger partial charge in [0.15, 0.2) is 0 Å². The second kappa shape index (κ2) is 6.10. The van der Waals surface area contributed by atoms with E-state index in [1.54, 1.807) is 30.5 Å². The number of pyridine rings is 1. The maximum Gasteiger partial charge on any atom is 0.241 e. The highest BCUT2D eigenvalue weighted by molar-refractivity contribution is 7.89. The van der Waals surface area contributed by atoms with Crippen molar-refractivity contribution in [3.63, 3.8) is 0 Å². The van der Waals surface area contributed by atoms with Crippen LogP contribution in [-0.2, 0) is 10.0 Å². The SMILES string of the molecule is Cc1ccc(S(=O)(=O)NC(C)c2cccc3cccnc23)cc1. The quantitative estimate of drug-likeness (QED) is 0.797. The zero-order valence-corrected chi connectivity index (χ0v) is 13.8. The van der Waals surface area contributed by atoms with Gasteiger partial charge in [0.2, 0.25) is 10.0 Å². The highest BCUT2D eigenvalue weighted by Gasteiger charge is 2.19. The van der Waals surface area contributed by atoms with Crippen LogP contribution in [0.1, 0.15) is 24.1 Å². The number of benzene rings is 2. The summed E-state index contributed by atoms with van der Waals surface area (Å²) in [5.74, 6) is 0. The van der Waals surface area contributed by atoms with Crippen molar-refractivity contribution < 1.29 is 8.42 Å². The summed E-state index contributed by atoms with van der Waals surface area (Å²) >= 11 is 0. The molecular weight excluding hydrogens is 308 g/mol. The summed E-state index contributed by atoms with van der Waals surface area (Å²) in [4.78, 5) is 4.65. The van der Waals surface area contributed by atoms with Crippen molar-refractivity contribution in [1.82, 2.24) is 9.71 Å². The van der Waals surface area contributed by atoms with Crippen LogP contribution in [0, 0.1) is 6.92 Å². The molecule has 0 aliphatic carbocycles. The van der Waals surface area contributed by atoms with E-state index in [1.807, 2.05) is 44.2 Å². The van der Waals surface area contributed by atoms with E-state index in [0.717, 1.165) is 22.0 Å². The molecule has 0 saturated carbocycles.